The molecule has 1 amide bonds. The van der Waals surface area contributed by atoms with Crippen molar-refractivity contribution >= 4 is 23.5 Å². The standard InChI is InChI=1S/C36H51ClN2O3/c1-25-11-15-30(16-12-25)35(31-17-19-32(37)20-18-31)38-23-26(2)39(27(3)24-38)33(40)21-28-9-7-8-10-29(14-13-28)22-34(41)42-36(4,5)6/h11-12,15-20,26-29,35H,7-10,13-14,21-24H2,1-6H3/t26-,27+,28?,29?,35?. The summed E-state index contributed by atoms with van der Waals surface area (Å²) >= 11 is 6.24. The first-order chi connectivity index (χ1) is 19.9. The minimum atomic E-state index is -0.444. The lowest BCUT2D eigenvalue weighted by Gasteiger charge is -2.47. The van der Waals surface area contributed by atoms with Crippen molar-refractivity contribution in [1.29, 1.82) is 0 Å². The molecule has 2 aromatic carbocycles. The molecule has 2 fully saturated rings. The van der Waals surface area contributed by atoms with Gasteiger partial charge in [0, 0.05) is 43.0 Å². The molecule has 0 spiro atoms. The number of hydrogen-bond acceptors (Lipinski definition) is 4. The third-order valence-corrected chi connectivity index (χ3v) is 9.23. The summed E-state index contributed by atoms with van der Waals surface area (Å²) in [6, 6.07) is 17.4. The molecule has 230 valence electrons. The molecule has 2 aliphatic rings. The average molecular weight is 595 g/mol. The molecular formula is C36H51ClN2O3. The fourth-order valence-electron chi connectivity index (χ4n) is 7.08. The van der Waals surface area contributed by atoms with Crippen LogP contribution >= 0.6 is 11.6 Å². The fraction of sp³-hybridized carbons (Fsp3) is 0.611. The summed E-state index contributed by atoms with van der Waals surface area (Å²) in [6.07, 6.45) is 7.51. The van der Waals surface area contributed by atoms with Crippen LogP contribution in [-0.4, -0.2) is 52.5 Å². The molecule has 1 aliphatic carbocycles. The molecule has 2 aromatic rings. The predicted molar refractivity (Wildman–Crippen MR) is 172 cm³/mol. The van der Waals surface area contributed by atoms with Crippen LogP contribution < -0.4 is 0 Å². The van der Waals surface area contributed by atoms with Gasteiger partial charge < -0.3 is 9.64 Å². The highest BCUT2D eigenvalue weighted by atomic mass is 35.5. The van der Waals surface area contributed by atoms with Gasteiger partial charge in [-0.3, -0.25) is 14.5 Å². The Morgan fingerprint density at radius 1 is 0.833 bits per heavy atom. The van der Waals surface area contributed by atoms with E-state index in [0.717, 1.165) is 56.6 Å². The van der Waals surface area contributed by atoms with Crippen molar-refractivity contribution in [3.63, 3.8) is 0 Å². The second-order valence-electron chi connectivity index (χ2n) is 13.9. The molecule has 0 aromatic heterocycles. The van der Waals surface area contributed by atoms with Gasteiger partial charge in [0.2, 0.25) is 5.91 Å². The minimum absolute atomic E-state index is 0.0937. The summed E-state index contributed by atoms with van der Waals surface area (Å²) in [5.74, 6) is 0.919. The van der Waals surface area contributed by atoms with E-state index in [1.165, 1.54) is 16.7 Å². The van der Waals surface area contributed by atoms with E-state index in [4.69, 9.17) is 16.3 Å². The van der Waals surface area contributed by atoms with Crippen molar-refractivity contribution in [3.05, 3.63) is 70.2 Å². The predicted octanol–water partition coefficient (Wildman–Crippen LogP) is 8.37. The van der Waals surface area contributed by atoms with Crippen molar-refractivity contribution in [3.8, 4) is 0 Å². The second-order valence-corrected chi connectivity index (χ2v) is 14.3. The van der Waals surface area contributed by atoms with Gasteiger partial charge in [0.15, 0.2) is 0 Å². The highest BCUT2D eigenvalue weighted by Gasteiger charge is 2.37. The fourth-order valence-corrected chi connectivity index (χ4v) is 7.21. The summed E-state index contributed by atoms with van der Waals surface area (Å²) in [5.41, 5.74) is 3.28. The third-order valence-electron chi connectivity index (χ3n) is 8.98. The Bertz CT molecular complexity index is 1120. The molecule has 6 heteroatoms. The van der Waals surface area contributed by atoms with Crippen LogP contribution in [0.3, 0.4) is 0 Å². The zero-order valence-corrected chi connectivity index (χ0v) is 27.3. The van der Waals surface area contributed by atoms with Crippen LogP contribution in [0.5, 0.6) is 0 Å². The van der Waals surface area contributed by atoms with Crippen molar-refractivity contribution < 1.29 is 14.3 Å². The maximum Gasteiger partial charge on any atom is 0.306 e. The molecule has 0 radical (unpaired) electrons. The van der Waals surface area contributed by atoms with Crippen molar-refractivity contribution in [2.75, 3.05) is 13.1 Å². The maximum atomic E-state index is 13.8. The summed E-state index contributed by atoms with van der Waals surface area (Å²) in [4.78, 5) is 31.0. The van der Waals surface area contributed by atoms with Gasteiger partial charge in [-0.2, -0.15) is 0 Å². The quantitative estimate of drug-likeness (QED) is 0.302. The van der Waals surface area contributed by atoms with Crippen LogP contribution in [0, 0.1) is 18.8 Å². The van der Waals surface area contributed by atoms with Gasteiger partial charge in [0.25, 0.3) is 0 Å². The number of esters is 1. The zero-order valence-electron chi connectivity index (χ0n) is 26.6. The highest BCUT2D eigenvalue weighted by Crippen LogP contribution is 2.35. The molecule has 3 unspecified atom stereocenters. The Hall–Kier alpha value is -2.37. The Labute approximate surface area is 258 Å². The molecule has 5 nitrogen and oxygen atoms in total. The number of amides is 1. The number of ether oxygens (including phenoxy) is 1. The normalized spacial score (nSPS) is 24.9. The van der Waals surface area contributed by atoms with E-state index in [2.05, 4.69) is 67.0 Å². The van der Waals surface area contributed by atoms with E-state index in [1.54, 1.807) is 0 Å². The van der Waals surface area contributed by atoms with Gasteiger partial charge >= 0.3 is 5.97 Å². The number of benzene rings is 2. The first-order valence-electron chi connectivity index (χ1n) is 16.0. The lowest BCUT2D eigenvalue weighted by molar-refractivity contribution is -0.156. The molecule has 1 heterocycles. The van der Waals surface area contributed by atoms with Crippen molar-refractivity contribution in [1.82, 2.24) is 9.80 Å². The SMILES string of the molecule is Cc1ccc(C(c2ccc(Cl)cc2)N2C[C@@H](C)N(C(=O)CC3CCCCC(CC(=O)OC(C)(C)C)CC3)[C@@H](C)C2)cc1. The number of halogens is 1. The molecule has 1 saturated carbocycles. The molecule has 1 aliphatic heterocycles. The Kier molecular flexibility index (Phi) is 11.2. The third kappa shape index (κ3) is 9.07. The van der Waals surface area contributed by atoms with Gasteiger partial charge in [-0.15, -0.1) is 0 Å². The number of hydrogen-bond donors (Lipinski definition) is 0. The van der Waals surface area contributed by atoms with Crippen LogP contribution in [0.4, 0.5) is 0 Å². The Balaban J connectivity index is 1.40. The molecule has 1 saturated heterocycles. The summed E-state index contributed by atoms with van der Waals surface area (Å²) in [5, 5.41) is 0.740. The Morgan fingerprint density at radius 3 is 1.86 bits per heavy atom. The van der Waals surface area contributed by atoms with E-state index in [1.807, 2.05) is 32.9 Å². The molecular weight excluding hydrogens is 544 g/mol. The molecule has 5 atom stereocenters. The maximum absolute atomic E-state index is 13.8. The van der Waals surface area contributed by atoms with E-state index in [9.17, 15) is 9.59 Å². The van der Waals surface area contributed by atoms with E-state index >= 15 is 0 Å². The van der Waals surface area contributed by atoms with Gasteiger partial charge in [0.05, 0.1) is 6.04 Å². The topological polar surface area (TPSA) is 49.9 Å². The number of rotatable bonds is 7. The van der Waals surface area contributed by atoms with Crippen molar-refractivity contribution in [2.45, 2.75) is 117 Å². The largest absolute Gasteiger partial charge is 0.460 e. The van der Waals surface area contributed by atoms with E-state index < -0.39 is 5.60 Å². The van der Waals surface area contributed by atoms with Crippen LogP contribution in [0.15, 0.2) is 48.5 Å². The summed E-state index contributed by atoms with van der Waals surface area (Å²) < 4.78 is 5.59. The van der Waals surface area contributed by atoms with Crippen LogP contribution in [0.2, 0.25) is 5.02 Å². The van der Waals surface area contributed by atoms with E-state index in [-0.39, 0.29) is 30.0 Å². The Morgan fingerprint density at radius 2 is 1.33 bits per heavy atom. The molecule has 0 bridgehead atoms. The monoisotopic (exact) mass is 594 g/mol. The lowest BCUT2D eigenvalue weighted by atomic mass is 9.82. The number of piperazine rings is 1. The van der Waals surface area contributed by atoms with Gasteiger partial charge in [0.1, 0.15) is 5.60 Å². The first-order valence-corrected chi connectivity index (χ1v) is 16.4. The van der Waals surface area contributed by atoms with Gasteiger partial charge in [-0.05, 0) is 102 Å². The number of carbonyl (C=O) groups is 2. The minimum Gasteiger partial charge on any atom is -0.460 e. The number of aryl methyl sites for hydroxylation is 1. The summed E-state index contributed by atoms with van der Waals surface area (Å²) in [6.45, 7) is 13.9. The van der Waals surface area contributed by atoms with Gasteiger partial charge in [-0.1, -0.05) is 66.4 Å². The average Bonchev–Trinajstić information content (AvgIpc) is 2.88. The molecule has 42 heavy (non-hydrogen) atoms. The smallest absolute Gasteiger partial charge is 0.306 e. The molecule has 0 N–H and O–H groups in total. The number of carbonyl (C=O) groups excluding carboxylic acids is 2. The lowest BCUT2D eigenvalue weighted by Crippen LogP contribution is -2.59. The zero-order chi connectivity index (χ0) is 30.4. The first kappa shape index (κ1) is 32.5. The number of nitrogens with zero attached hydrogens (tertiary/aromatic N) is 2. The van der Waals surface area contributed by atoms with Crippen molar-refractivity contribution in [2.24, 2.45) is 11.8 Å². The van der Waals surface area contributed by atoms with E-state index in [0.29, 0.717) is 24.7 Å². The summed E-state index contributed by atoms with van der Waals surface area (Å²) in [7, 11) is 0. The van der Waals surface area contributed by atoms with Crippen LogP contribution in [0.25, 0.3) is 0 Å². The highest BCUT2D eigenvalue weighted by molar-refractivity contribution is 6.30. The van der Waals surface area contributed by atoms with Crippen LogP contribution in [0.1, 0.15) is 109 Å². The van der Waals surface area contributed by atoms with Crippen LogP contribution in [-0.2, 0) is 14.3 Å². The van der Waals surface area contributed by atoms with Gasteiger partial charge in [-0.25, -0.2) is 0 Å². The second kappa shape index (κ2) is 14.4. The molecule has 4 rings (SSSR count).